The molecule has 1 aromatic heterocycles. The van der Waals surface area contributed by atoms with Gasteiger partial charge < -0.3 is 4.42 Å². The number of benzene rings is 2. The quantitative estimate of drug-likeness (QED) is 0.283. The Balaban J connectivity index is 1.65. The van der Waals surface area contributed by atoms with Crippen LogP contribution in [0.15, 0.2) is 57.9 Å². The van der Waals surface area contributed by atoms with E-state index >= 15 is 0 Å². The highest BCUT2D eigenvalue weighted by molar-refractivity contribution is 8.19. The van der Waals surface area contributed by atoms with Crippen molar-refractivity contribution in [2.24, 2.45) is 0 Å². The van der Waals surface area contributed by atoms with Gasteiger partial charge in [-0.1, -0.05) is 23.8 Å². The molecule has 156 valence electrons. The summed E-state index contributed by atoms with van der Waals surface area (Å²) in [6, 6.07) is 13.6. The number of amides is 2. The van der Waals surface area contributed by atoms with Crippen molar-refractivity contribution in [3.63, 3.8) is 0 Å². The Morgan fingerprint density at radius 2 is 1.71 bits per heavy atom. The molecule has 1 saturated heterocycles. The summed E-state index contributed by atoms with van der Waals surface area (Å²) < 4.78 is 5.75. The van der Waals surface area contributed by atoms with E-state index in [0.717, 1.165) is 33.4 Å². The van der Waals surface area contributed by atoms with Crippen LogP contribution in [0.3, 0.4) is 0 Å². The zero-order valence-corrected chi connectivity index (χ0v) is 17.9. The lowest BCUT2D eigenvalue weighted by Crippen LogP contribution is -2.28. The van der Waals surface area contributed by atoms with Gasteiger partial charge in [0.15, 0.2) is 0 Å². The van der Waals surface area contributed by atoms with Crippen LogP contribution in [0, 0.1) is 30.9 Å². The van der Waals surface area contributed by atoms with Gasteiger partial charge in [0.05, 0.1) is 21.1 Å². The number of imide groups is 1. The zero-order chi connectivity index (χ0) is 22.3. The third-order valence-electron chi connectivity index (χ3n) is 4.90. The van der Waals surface area contributed by atoms with E-state index in [-0.39, 0.29) is 15.8 Å². The Labute approximate surface area is 182 Å². The first-order valence-electron chi connectivity index (χ1n) is 9.45. The van der Waals surface area contributed by atoms with E-state index in [1.807, 2.05) is 26.0 Å². The second-order valence-electron chi connectivity index (χ2n) is 7.29. The molecule has 1 aliphatic heterocycles. The van der Waals surface area contributed by atoms with Crippen LogP contribution in [-0.2, 0) is 4.79 Å². The fraction of sp³-hybridized carbons (Fsp3) is 0.130. The minimum absolute atomic E-state index is 0.0592. The lowest BCUT2D eigenvalue weighted by Gasteiger charge is -2.15. The first-order valence-corrected chi connectivity index (χ1v) is 10.3. The van der Waals surface area contributed by atoms with Gasteiger partial charge in [-0.05, 0) is 67.9 Å². The van der Waals surface area contributed by atoms with Crippen LogP contribution in [-0.4, -0.2) is 16.1 Å². The molecular weight excluding hydrogens is 416 g/mol. The molecule has 8 heteroatoms. The predicted molar refractivity (Wildman–Crippen MR) is 120 cm³/mol. The first kappa shape index (κ1) is 20.6. The fourth-order valence-corrected chi connectivity index (χ4v) is 4.25. The summed E-state index contributed by atoms with van der Waals surface area (Å²) in [5.74, 6) is 0.212. The van der Waals surface area contributed by atoms with Crippen LogP contribution in [0.25, 0.3) is 17.4 Å². The third-order valence-corrected chi connectivity index (χ3v) is 5.77. The molecule has 7 nitrogen and oxygen atoms in total. The number of aryl methyl sites for hydroxylation is 3. The van der Waals surface area contributed by atoms with E-state index < -0.39 is 10.8 Å². The van der Waals surface area contributed by atoms with E-state index in [1.54, 1.807) is 37.3 Å². The van der Waals surface area contributed by atoms with Crippen LogP contribution in [0.4, 0.5) is 16.2 Å². The maximum absolute atomic E-state index is 12.9. The molecule has 2 aromatic carbocycles. The van der Waals surface area contributed by atoms with Crippen molar-refractivity contribution in [2.75, 3.05) is 4.90 Å². The normalized spacial score (nSPS) is 15.2. The summed E-state index contributed by atoms with van der Waals surface area (Å²) in [6.45, 7) is 5.57. The lowest BCUT2D eigenvalue weighted by molar-refractivity contribution is -0.384. The second kappa shape index (κ2) is 7.88. The summed E-state index contributed by atoms with van der Waals surface area (Å²) >= 11 is 0.830. The standard InChI is InChI=1S/C23H18N2O5S/c1-13-5-8-18(15(3)10-13)24-22(26)21(31-23(24)27)12-16-6-9-20(30-16)17-7-4-14(2)11-19(17)25(28)29/h4-12H,1-3H3/b21-12+. The van der Waals surface area contributed by atoms with Gasteiger partial charge in [0.1, 0.15) is 11.5 Å². The number of carbonyl (C=O) groups is 2. The molecule has 2 heterocycles. The van der Waals surface area contributed by atoms with Crippen molar-refractivity contribution >= 4 is 40.4 Å². The van der Waals surface area contributed by atoms with E-state index in [9.17, 15) is 19.7 Å². The van der Waals surface area contributed by atoms with Gasteiger partial charge in [-0.2, -0.15) is 0 Å². The van der Waals surface area contributed by atoms with Gasteiger partial charge in [-0.25, -0.2) is 4.90 Å². The number of nitro groups is 1. The monoisotopic (exact) mass is 434 g/mol. The van der Waals surface area contributed by atoms with Crippen molar-refractivity contribution < 1.29 is 18.9 Å². The third kappa shape index (κ3) is 3.89. The van der Waals surface area contributed by atoms with Crippen LogP contribution >= 0.6 is 11.8 Å². The van der Waals surface area contributed by atoms with Gasteiger partial charge in [0.25, 0.3) is 16.8 Å². The van der Waals surface area contributed by atoms with Crippen molar-refractivity contribution in [1.82, 2.24) is 0 Å². The predicted octanol–water partition coefficient (Wildman–Crippen LogP) is 6.02. The Morgan fingerprint density at radius 1 is 1.00 bits per heavy atom. The molecule has 31 heavy (non-hydrogen) atoms. The fourth-order valence-electron chi connectivity index (χ4n) is 3.44. The van der Waals surface area contributed by atoms with E-state index in [4.69, 9.17) is 4.42 Å². The summed E-state index contributed by atoms with van der Waals surface area (Å²) in [6.07, 6.45) is 1.48. The molecule has 0 N–H and O–H groups in total. The van der Waals surface area contributed by atoms with Crippen LogP contribution < -0.4 is 4.90 Å². The van der Waals surface area contributed by atoms with Crippen molar-refractivity contribution in [3.05, 3.63) is 86.0 Å². The van der Waals surface area contributed by atoms with Gasteiger partial charge in [0, 0.05) is 12.1 Å². The molecule has 0 atom stereocenters. The molecular formula is C23H18N2O5S. The van der Waals surface area contributed by atoms with E-state index in [2.05, 4.69) is 0 Å². The number of anilines is 1. The van der Waals surface area contributed by atoms with Gasteiger partial charge in [0.2, 0.25) is 0 Å². The molecule has 0 bridgehead atoms. The van der Waals surface area contributed by atoms with Crippen molar-refractivity contribution in [3.8, 4) is 11.3 Å². The number of nitro benzene ring substituents is 1. The summed E-state index contributed by atoms with van der Waals surface area (Å²) in [5.41, 5.74) is 3.47. The summed E-state index contributed by atoms with van der Waals surface area (Å²) in [5, 5.41) is 11.0. The van der Waals surface area contributed by atoms with Crippen LogP contribution in [0.1, 0.15) is 22.5 Å². The van der Waals surface area contributed by atoms with Crippen molar-refractivity contribution in [1.29, 1.82) is 0 Å². The molecule has 0 radical (unpaired) electrons. The highest BCUT2D eigenvalue weighted by Gasteiger charge is 2.37. The number of hydrogen-bond acceptors (Lipinski definition) is 6. The topological polar surface area (TPSA) is 93.7 Å². The SMILES string of the molecule is Cc1ccc(N2C(=O)S/C(=C/c3ccc(-c4ccc(C)cc4[N+](=O)[O-])o3)C2=O)c(C)c1. The Morgan fingerprint density at radius 3 is 2.42 bits per heavy atom. The Bertz CT molecular complexity index is 1270. The number of nitrogens with zero attached hydrogens (tertiary/aromatic N) is 2. The average molecular weight is 434 g/mol. The van der Waals surface area contributed by atoms with Crippen LogP contribution in [0.5, 0.6) is 0 Å². The van der Waals surface area contributed by atoms with Gasteiger partial charge in [-0.15, -0.1) is 0 Å². The molecule has 3 aromatic rings. The smallest absolute Gasteiger partial charge is 0.298 e. The van der Waals surface area contributed by atoms with Crippen LogP contribution in [0.2, 0.25) is 0 Å². The minimum Gasteiger partial charge on any atom is -0.456 e. The highest BCUT2D eigenvalue weighted by atomic mass is 32.2. The molecule has 1 aliphatic rings. The molecule has 0 unspecified atom stereocenters. The van der Waals surface area contributed by atoms with Gasteiger partial charge >= 0.3 is 0 Å². The second-order valence-corrected chi connectivity index (χ2v) is 8.28. The number of rotatable bonds is 4. The minimum atomic E-state index is -0.459. The molecule has 0 saturated carbocycles. The largest absolute Gasteiger partial charge is 0.456 e. The maximum Gasteiger partial charge on any atom is 0.298 e. The number of furan rings is 1. The number of thioether (sulfide) groups is 1. The Hall–Kier alpha value is -3.65. The highest BCUT2D eigenvalue weighted by Crippen LogP contribution is 2.38. The molecule has 1 fully saturated rings. The first-order chi connectivity index (χ1) is 14.7. The lowest BCUT2D eigenvalue weighted by atomic mass is 10.1. The maximum atomic E-state index is 12.9. The molecule has 2 amide bonds. The number of hydrogen-bond donors (Lipinski definition) is 0. The summed E-state index contributed by atoms with van der Waals surface area (Å²) in [4.78, 5) is 37.7. The molecule has 4 rings (SSSR count). The molecule has 0 spiro atoms. The van der Waals surface area contributed by atoms with Gasteiger partial charge in [-0.3, -0.25) is 19.7 Å². The summed E-state index contributed by atoms with van der Waals surface area (Å²) in [7, 11) is 0. The average Bonchev–Trinajstić information content (AvgIpc) is 3.27. The van der Waals surface area contributed by atoms with E-state index in [0.29, 0.717) is 22.8 Å². The number of carbonyl (C=O) groups excluding carboxylic acids is 2. The Kier molecular flexibility index (Phi) is 5.24. The molecule has 0 aliphatic carbocycles. The van der Waals surface area contributed by atoms with Crippen molar-refractivity contribution in [2.45, 2.75) is 20.8 Å². The van der Waals surface area contributed by atoms with E-state index in [1.165, 1.54) is 12.1 Å². The zero-order valence-electron chi connectivity index (χ0n) is 17.0.